The number of amides is 1. The number of pyridine rings is 1. The van der Waals surface area contributed by atoms with Crippen molar-refractivity contribution in [2.24, 2.45) is 7.05 Å². The fourth-order valence-electron chi connectivity index (χ4n) is 4.98. The van der Waals surface area contributed by atoms with Gasteiger partial charge in [0.15, 0.2) is 5.65 Å². The van der Waals surface area contributed by atoms with Crippen molar-refractivity contribution in [2.75, 3.05) is 13.1 Å². The summed E-state index contributed by atoms with van der Waals surface area (Å²) < 4.78 is 1.76. The van der Waals surface area contributed by atoms with E-state index in [9.17, 15) is 4.79 Å². The Bertz CT molecular complexity index is 1580. The van der Waals surface area contributed by atoms with E-state index in [1.807, 2.05) is 61.3 Å². The zero-order valence-electron chi connectivity index (χ0n) is 19.2. The summed E-state index contributed by atoms with van der Waals surface area (Å²) in [5, 5.41) is 6.61. The van der Waals surface area contributed by atoms with Gasteiger partial charge in [-0.15, -0.1) is 0 Å². The van der Waals surface area contributed by atoms with Crippen LogP contribution in [0, 0.1) is 6.92 Å². The van der Waals surface area contributed by atoms with Crippen molar-refractivity contribution >= 4 is 33.4 Å². The Balaban J connectivity index is 1.37. The average molecular weight is 448 g/mol. The Morgan fingerprint density at radius 3 is 2.65 bits per heavy atom. The summed E-state index contributed by atoms with van der Waals surface area (Å²) in [6.07, 6.45) is 5.08. The zero-order valence-corrected chi connectivity index (χ0v) is 19.2. The summed E-state index contributed by atoms with van der Waals surface area (Å²) in [6, 6.07) is 20.2. The molecule has 1 N–H and O–H groups in total. The SMILES string of the molecule is Cc1nn(C)c2nc(-c3ccccc3)cc(C(=O)N3CC=C(c4c[nH]c5ccccc45)CC3)c12. The van der Waals surface area contributed by atoms with Crippen LogP contribution in [0.1, 0.15) is 28.0 Å². The lowest BCUT2D eigenvalue weighted by molar-refractivity contribution is 0.0775. The van der Waals surface area contributed by atoms with E-state index in [-0.39, 0.29) is 5.91 Å². The number of aromatic amines is 1. The van der Waals surface area contributed by atoms with Crippen LogP contribution in [0.2, 0.25) is 0 Å². The predicted molar refractivity (Wildman–Crippen MR) is 135 cm³/mol. The van der Waals surface area contributed by atoms with E-state index in [0.717, 1.165) is 39.9 Å². The number of nitrogens with zero attached hydrogens (tertiary/aromatic N) is 4. The lowest BCUT2D eigenvalue weighted by Crippen LogP contribution is -2.34. The molecule has 1 aliphatic rings. The molecule has 0 unspecified atom stereocenters. The molecule has 2 aromatic carbocycles. The highest BCUT2D eigenvalue weighted by Gasteiger charge is 2.25. The number of carbonyl (C=O) groups excluding carboxylic acids is 1. The van der Waals surface area contributed by atoms with Gasteiger partial charge in [0.1, 0.15) is 0 Å². The first-order valence-electron chi connectivity index (χ1n) is 11.5. The normalized spacial score (nSPS) is 14.1. The molecule has 3 aromatic heterocycles. The topological polar surface area (TPSA) is 66.8 Å². The van der Waals surface area contributed by atoms with Crippen LogP contribution >= 0.6 is 0 Å². The summed E-state index contributed by atoms with van der Waals surface area (Å²) in [7, 11) is 1.88. The zero-order chi connectivity index (χ0) is 23.2. The van der Waals surface area contributed by atoms with Crippen molar-refractivity contribution in [3.8, 4) is 11.3 Å². The van der Waals surface area contributed by atoms with Crippen LogP contribution in [0.3, 0.4) is 0 Å². The number of H-pyrrole nitrogens is 1. The quantitative estimate of drug-likeness (QED) is 0.405. The van der Waals surface area contributed by atoms with Gasteiger partial charge in [0.2, 0.25) is 0 Å². The number of aryl methyl sites for hydroxylation is 2. The van der Waals surface area contributed by atoms with Crippen molar-refractivity contribution in [2.45, 2.75) is 13.3 Å². The minimum absolute atomic E-state index is 0.0231. The average Bonchev–Trinajstić information content (AvgIpc) is 3.44. The highest BCUT2D eigenvalue weighted by Crippen LogP contribution is 2.31. The van der Waals surface area contributed by atoms with Gasteiger partial charge in [0.25, 0.3) is 5.91 Å². The molecule has 1 aliphatic heterocycles. The Labute approximate surface area is 197 Å². The highest BCUT2D eigenvalue weighted by molar-refractivity contribution is 6.08. The molecule has 0 saturated heterocycles. The number of hydrogen-bond donors (Lipinski definition) is 1. The lowest BCUT2D eigenvalue weighted by Gasteiger charge is -2.27. The molecule has 0 aliphatic carbocycles. The Morgan fingerprint density at radius 1 is 1.06 bits per heavy atom. The molecule has 5 aromatic rings. The molecule has 0 bridgehead atoms. The Hall–Kier alpha value is -4.19. The number of hydrogen-bond acceptors (Lipinski definition) is 3. The standard InChI is InChI=1S/C28H25N5O/c1-18-26-22(16-25(20-8-4-3-5-9-20)30-27(26)32(2)31-18)28(34)33-14-12-19(13-15-33)23-17-29-24-11-7-6-10-21(23)24/h3-12,16-17,29H,13-15H2,1-2H3. The third-order valence-electron chi connectivity index (χ3n) is 6.70. The molecule has 1 amide bonds. The van der Waals surface area contributed by atoms with E-state index in [0.29, 0.717) is 18.7 Å². The first-order chi connectivity index (χ1) is 16.6. The smallest absolute Gasteiger partial charge is 0.255 e. The summed E-state index contributed by atoms with van der Waals surface area (Å²) >= 11 is 0. The van der Waals surface area contributed by atoms with Crippen LogP contribution in [0.5, 0.6) is 0 Å². The van der Waals surface area contributed by atoms with E-state index >= 15 is 0 Å². The van der Waals surface area contributed by atoms with E-state index in [2.05, 4.69) is 40.6 Å². The Morgan fingerprint density at radius 2 is 1.85 bits per heavy atom. The number of rotatable bonds is 3. The summed E-state index contributed by atoms with van der Waals surface area (Å²) in [5.41, 5.74) is 7.63. The largest absolute Gasteiger partial charge is 0.361 e. The first-order valence-corrected chi connectivity index (χ1v) is 11.5. The molecule has 0 spiro atoms. The Kier molecular flexibility index (Phi) is 4.80. The fraction of sp³-hybridized carbons (Fsp3) is 0.179. The van der Waals surface area contributed by atoms with E-state index < -0.39 is 0 Å². The minimum atomic E-state index is 0.0231. The van der Waals surface area contributed by atoms with Crippen LogP contribution in [0.15, 0.2) is 72.9 Å². The first kappa shape index (κ1) is 20.4. The number of fused-ring (bicyclic) bond motifs is 2. The number of para-hydroxylation sites is 1. The summed E-state index contributed by atoms with van der Waals surface area (Å²) in [5.74, 6) is 0.0231. The maximum atomic E-state index is 13.8. The lowest BCUT2D eigenvalue weighted by atomic mass is 9.98. The second kappa shape index (κ2) is 7.99. The molecule has 6 rings (SSSR count). The summed E-state index contributed by atoms with van der Waals surface area (Å²) in [4.78, 5) is 23.9. The number of carbonyl (C=O) groups is 1. The minimum Gasteiger partial charge on any atom is -0.361 e. The van der Waals surface area contributed by atoms with Crippen molar-refractivity contribution < 1.29 is 4.79 Å². The molecule has 6 nitrogen and oxygen atoms in total. The number of benzene rings is 2. The van der Waals surface area contributed by atoms with Gasteiger partial charge >= 0.3 is 0 Å². The van der Waals surface area contributed by atoms with E-state index in [1.165, 1.54) is 16.5 Å². The van der Waals surface area contributed by atoms with Crippen molar-refractivity contribution in [1.29, 1.82) is 0 Å². The maximum Gasteiger partial charge on any atom is 0.255 e. The molecule has 4 heterocycles. The molecule has 0 radical (unpaired) electrons. The van der Waals surface area contributed by atoms with Gasteiger partial charge in [-0.1, -0.05) is 54.6 Å². The van der Waals surface area contributed by atoms with Crippen molar-refractivity contribution in [1.82, 2.24) is 24.6 Å². The van der Waals surface area contributed by atoms with Crippen LogP contribution in [-0.2, 0) is 7.05 Å². The predicted octanol–water partition coefficient (Wildman–Crippen LogP) is 5.35. The summed E-state index contributed by atoms with van der Waals surface area (Å²) in [6.45, 7) is 3.19. The fourth-order valence-corrected chi connectivity index (χ4v) is 4.98. The van der Waals surface area contributed by atoms with Crippen molar-refractivity contribution in [3.05, 3.63) is 89.8 Å². The van der Waals surface area contributed by atoms with E-state index in [4.69, 9.17) is 4.98 Å². The van der Waals surface area contributed by atoms with Gasteiger partial charge in [-0.25, -0.2) is 4.98 Å². The van der Waals surface area contributed by atoms with Crippen LogP contribution in [0.25, 0.3) is 38.8 Å². The molecule has 0 fully saturated rings. The van der Waals surface area contributed by atoms with Crippen LogP contribution < -0.4 is 0 Å². The second-order valence-corrected chi connectivity index (χ2v) is 8.81. The van der Waals surface area contributed by atoms with Gasteiger partial charge in [0, 0.05) is 48.4 Å². The van der Waals surface area contributed by atoms with Crippen LogP contribution in [-0.4, -0.2) is 43.6 Å². The third-order valence-corrected chi connectivity index (χ3v) is 6.70. The number of aromatic nitrogens is 4. The van der Waals surface area contributed by atoms with E-state index in [1.54, 1.807) is 4.68 Å². The van der Waals surface area contributed by atoms with Gasteiger partial charge in [-0.05, 0) is 31.1 Å². The maximum absolute atomic E-state index is 13.8. The number of nitrogens with one attached hydrogen (secondary N) is 1. The highest BCUT2D eigenvalue weighted by atomic mass is 16.2. The second-order valence-electron chi connectivity index (χ2n) is 8.81. The molecular weight excluding hydrogens is 422 g/mol. The van der Waals surface area contributed by atoms with Gasteiger partial charge < -0.3 is 9.88 Å². The molecule has 0 saturated carbocycles. The molecule has 34 heavy (non-hydrogen) atoms. The van der Waals surface area contributed by atoms with Crippen molar-refractivity contribution in [3.63, 3.8) is 0 Å². The molecule has 168 valence electrons. The van der Waals surface area contributed by atoms with Gasteiger partial charge in [-0.2, -0.15) is 5.10 Å². The third kappa shape index (κ3) is 3.30. The van der Waals surface area contributed by atoms with Crippen LogP contribution in [0.4, 0.5) is 0 Å². The molecule has 0 atom stereocenters. The van der Waals surface area contributed by atoms with Gasteiger partial charge in [0.05, 0.1) is 22.3 Å². The molecular formula is C28H25N5O. The monoisotopic (exact) mass is 447 g/mol. The van der Waals surface area contributed by atoms with Gasteiger partial charge in [-0.3, -0.25) is 9.48 Å². The molecule has 6 heteroatoms.